The predicted molar refractivity (Wildman–Crippen MR) is 76.8 cm³/mol. The summed E-state index contributed by atoms with van der Waals surface area (Å²) in [6.07, 6.45) is 4.48. The molecule has 1 saturated heterocycles. The fourth-order valence-electron chi connectivity index (χ4n) is 2.88. The molecule has 0 amide bonds. The first-order chi connectivity index (χ1) is 8.54. The third-order valence-corrected chi connectivity index (χ3v) is 4.31. The van der Waals surface area contributed by atoms with E-state index in [1.807, 2.05) is 0 Å². The highest BCUT2D eigenvalue weighted by Crippen LogP contribution is 2.23. The van der Waals surface area contributed by atoms with Gasteiger partial charge in [-0.1, -0.05) is 27.2 Å². The van der Waals surface area contributed by atoms with E-state index in [1.54, 1.807) is 0 Å². The van der Waals surface area contributed by atoms with Crippen molar-refractivity contribution in [3.8, 4) is 0 Å². The Bertz CT molecular complexity index is 249. The summed E-state index contributed by atoms with van der Waals surface area (Å²) < 4.78 is 0. The Balaban J connectivity index is 2.41. The standard InChI is InChI=1S/C15H30N2O/c1-5-7-15(4,13-18)12-16-8-10-17(11-9-16)14(3)6-2/h13-14H,5-12H2,1-4H3. The van der Waals surface area contributed by atoms with Gasteiger partial charge >= 0.3 is 0 Å². The van der Waals surface area contributed by atoms with Gasteiger partial charge < -0.3 is 4.79 Å². The molecule has 1 aliphatic rings. The lowest BCUT2D eigenvalue weighted by Crippen LogP contribution is -2.51. The van der Waals surface area contributed by atoms with Crippen LogP contribution in [0.4, 0.5) is 0 Å². The van der Waals surface area contributed by atoms with Crippen LogP contribution in [0.25, 0.3) is 0 Å². The fourth-order valence-corrected chi connectivity index (χ4v) is 2.88. The van der Waals surface area contributed by atoms with Gasteiger partial charge in [-0.3, -0.25) is 9.80 Å². The molecule has 1 heterocycles. The zero-order valence-electron chi connectivity index (χ0n) is 12.6. The first-order valence-corrected chi connectivity index (χ1v) is 7.47. The summed E-state index contributed by atoms with van der Waals surface area (Å²) in [5.41, 5.74) is -0.146. The monoisotopic (exact) mass is 254 g/mol. The molecule has 2 unspecified atom stereocenters. The lowest BCUT2D eigenvalue weighted by atomic mass is 9.86. The van der Waals surface area contributed by atoms with Gasteiger partial charge in [0.25, 0.3) is 0 Å². The number of piperazine rings is 1. The van der Waals surface area contributed by atoms with E-state index in [0.29, 0.717) is 6.04 Å². The molecular formula is C15H30N2O. The summed E-state index contributed by atoms with van der Waals surface area (Å²) in [6, 6.07) is 0.695. The summed E-state index contributed by atoms with van der Waals surface area (Å²) in [6.45, 7) is 14.3. The minimum Gasteiger partial charge on any atom is -0.303 e. The Kier molecular flexibility index (Phi) is 6.30. The van der Waals surface area contributed by atoms with Crippen molar-refractivity contribution in [1.29, 1.82) is 0 Å². The number of carbonyl (C=O) groups excluding carboxylic acids is 1. The summed E-state index contributed by atoms with van der Waals surface area (Å²) in [5, 5.41) is 0. The molecule has 0 saturated carbocycles. The van der Waals surface area contributed by atoms with Gasteiger partial charge in [0.1, 0.15) is 6.29 Å². The van der Waals surface area contributed by atoms with Crippen LogP contribution in [-0.4, -0.2) is 54.9 Å². The van der Waals surface area contributed by atoms with E-state index in [2.05, 4.69) is 37.5 Å². The van der Waals surface area contributed by atoms with Crippen LogP contribution in [0.3, 0.4) is 0 Å². The summed E-state index contributed by atoms with van der Waals surface area (Å²) >= 11 is 0. The maximum Gasteiger partial charge on any atom is 0.127 e. The molecule has 3 nitrogen and oxygen atoms in total. The molecule has 0 bridgehead atoms. The van der Waals surface area contributed by atoms with E-state index >= 15 is 0 Å². The van der Waals surface area contributed by atoms with Gasteiger partial charge in [0.05, 0.1) is 0 Å². The van der Waals surface area contributed by atoms with Gasteiger partial charge in [0.15, 0.2) is 0 Å². The van der Waals surface area contributed by atoms with Crippen molar-refractivity contribution < 1.29 is 4.79 Å². The van der Waals surface area contributed by atoms with Crippen LogP contribution in [0, 0.1) is 5.41 Å². The van der Waals surface area contributed by atoms with Gasteiger partial charge in [-0.2, -0.15) is 0 Å². The minimum atomic E-state index is -0.146. The maximum atomic E-state index is 11.3. The Labute approximate surface area is 113 Å². The number of nitrogens with zero attached hydrogens (tertiary/aromatic N) is 2. The molecule has 18 heavy (non-hydrogen) atoms. The molecule has 0 radical (unpaired) electrons. The van der Waals surface area contributed by atoms with Gasteiger partial charge in [-0.25, -0.2) is 0 Å². The Morgan fingerprint density at radius 2 is 1.83 bits per heavy atom. The Hall–Kier alpha value is -0.410. The third-order valence-electron chi connectivity index (χ3n) is 4.31. The van der Waals surface area contributed by atoms with Crippen LogP contribution in [0.2, 0.25) is 0 Å². The quantitative estimate of drug-likeness (QED) is 0.652. The fraction of sp³-hybridized carbons (Fsp3) is 0.933. The van der Waals surface area contributed by atoms with Crippen LogP contribution >= 0.6 is 0 Å². The lowest BCUT2D eigenvalue weighted by Gasteiger charge is -2.40. The maximum absolute atomic E-state index is 11.3. The first kappa shape index (κ1) is 15.6. The molecule has 1 fully saturated rings. The molecule has 0 aromatic rings. The molecule has 2 atom stereocenters. The zero-order valence-corrected chi connectivity index (χ0v) is 12.6. The van der Waals surface area contributed by atoms with Gasteiger partial charge in [0, 0.05) is 44.2 Å². The van der Waals surface area contributed by atoms with Crippen LogP contribution in [0.1, 0.15) is 47.0 Å². The summed E-state index contributed by atoms with van der Waals surface area (Å²) in [4.78, 5) is 16.3. The topological polar surface area (TPSA) is 23.6 Å². The Morgan fingerprint density at radius 1 is 1.22 bits per heavy atom. The number of carbonyl (C=O) groups is 1. The van der Waals surface area contributed by atoms with Gasteiger partial charge in [0.2, 0.25) is 0 Å². The first-order valence-electron chi connectivity index (χ1n) is 7.47. The van der Waals surface area contributed by atoms with Crippen LogP contribution in [-0.2, 0) is 4.79 Å². The molecule has 0 N–H and O–H groups in total. The molecule has 0 spiro atoms. The van der Waals surface area contributed by atoms with Crippen molar-refractivity contribution in [3.05, 3.63) is 0 Å². The second kappa shape index (κ2) is 7.25. The SMILES string of the molecule is CCCC(C)(C=O)CN1CCN(C(C)CC)CC1. The average Bonchev–Trinajstić information content (AvgIpc) is 2.39. The van der Waals surface area contributed by atoms with Crippen molar-refractivity contribution in [2.24, 2.45) is 5.41 Å². The average molecular weight is 254 g/mol. The van der Waals surface area contributed by atoms with Crippen molar-refractivity contribution >= 4 is 6.29 Å². The number of hydrogen-bond acceptors (Lipinski definition) is 3. The molecule has 1 rings (SSSR count). The molecular weight excluding hydrogens is 224 g/mol. The van der Waals surface area contributed by atoms with Gasteiger partial charge in [-0.05, 0) is 19.8 Å². The normalized spacial score (nSPS) is 23.6. The molecule has 0 aliphatic carbocycles. The van der Waals surface area contributed by atoms with Crippen LogP contribution in [0.5, 0.6) is 0 Å². The van der Waals surface area contributed by atoms with E-state index in [4.69, 9.17) is 0 Å². The van der Waals surface area contributed by atoms with E-state index in [-0.39, 0.29) is 5.41 Å². The van der Waals surface area contributed by atoms with E-state index in [1.165, 1.54) is 6.42 Å². The smallest absolute Gasteiger partial charge is 0.127 e. The lowest BCUT2D eigenvalue weighted by molar-refractivity contribution is -0.117. The molecule has 0 aromatic carbocycles. The molecule has 0 aromatic heterocycles. The summed E-state index contributed by atoms with van der Waals surface area (Å²) in [7, 11) is 0. The number of rotatable bonds is 7. The van der Waals surface area contributed by atoms with E-state index in [0.717, 1.165) is 51.9 Å². The Morgan fingerprint density at radius 3 is 2.28 bits per heavy atom. The second-order valence-electron chi connectivity index (χ2n) is 6.09. The van der Waals surface area contributed by atoms with Crippen LogP contribution < -0.4 is 0 Å². The highest BCUT2D eigenvalue weighted by atomic mass is 16.1. The van der Waals surface area contributed by atoms with E-state index in [9.17, 15) is 4.79 Å². The third kappa shape index (κ3) is 4.36. The highest BCUT2D eigenvalue weighted by molar-refractivity contribution is 5.59. The van der Waals surface area contributed by atoms with E-state index < -0.39 is 0 Å². The highest BCUT2D eigenvalue weighted by Gasteiger charge is 2.28. The molecule has 106 valence electrons. The summed E-state index contributed by atoms with van der Waals surface area (Å²) in [5.74, 6) is 0. The zero-order chi connectivity index (χ0) is 13.6. The van der Waals surface area contributed by atoms with Crippen molar-refractivity contribution in [3.63, 3.8) is 0 Å². The van der Waals surface area contributed by atoms with Crippen molar-refractivity contribution in [2.45, 2.75) is 53.0 Å². The second-order valence-corrected chi connectivity index (χ2v) is 6.09. The largest absolute Gasteiger partial charge is 0.303 e. The molecule has 3 heteroatoms. The van der Waals surface area contributed by atoms with Crippen molar-refractivity contribution in [2.75, 3.05) is 32.7 Å². The predicted octanol–water partition coefficient (Wildman–Crippen LogP) is 2.41. The van der Waals surface area contributed by atoms with Crippen LogP contribution in [0.15, 0.2) is 0 Å². The number of hydrogen-bond donors (Lipinski definition) is 0. The minimum absolute atomic E-state index is 0.146. The van der Waals surface area contributed by atoms with Gasteiger partial charge in [-0.15, -0.1) is 0 Å². The van der Waals surface area contributed by atoms with Crippen molar-refractivity contribution in [1.82, 2.24) is 9.80 Å². The molecule has 1 aliphatic heterocycles. The number of aldehydes is 1.